The number of nitrogens with zero attached hydrogens (tertiary/aromatic N) is 1. The van der Waals surface area contributed by atoms with Crippen LogP contribution in [0.1, 0.15) is 5.69 Å². The fraction of sp³-hybridized carbons (Fsp3) is 0.154. The van der Waals surface area contributed by atoms with Gasteiger partial charge in [0.15, 0.2) is 0 Å². The van der Waals surface area contributed by atoms with E-state index in [0.717, 1.165) is 0 Å². The molecule has 1 heterocycles. The summed E-state index contributed by atoms with van der Waals surface area (Å²) < 4.78 is 36.4. The molecule has 2 N–H and O–H groups in total. The molecule has 0 atom stereocenters. The molecule has 2 aromatic rings. The van der Waals surface area contributed by atoms with E-state index >= 15 is 0 Å². The number of carboxylic acid groups (broad SMARTS) is 1. The van der Waals surface area contributed by atoms with Crippen molar-refractivity contribution in [3.8, 4) is 10.6 Å². The predicted octanol–water partition coefficient (Wildman–Crippen LogP) is 2.94. The van der Waals surface area contributed by atoms with Crippen molar-refractivity contribution in [2.24, 2.45) is 0 Å². The number of thiazole rings is 1. The lowest BCUT2D eigenvalue weighted by atomic mass is 10.2. The van der Waals surface area contributed by atoms with Gasteiger partial charge in [-0.25, -0.2) is 4.98 Å². The van der Waals surface area contributed by atoms with E-state index in [4.69, 9.17) is 5.11 Å². The molecule has 9 heteroatoms. The SMILES string of the molecule is O=C(O)Cc1csc(-c2ccc(NC(=O)C(F)(F)F)cc2)n1. The highest BCUT2D eigenvalue weighted by molar-refractivity contribution is 7.13. The molecule has 22 heavy (non-hydrogen) atoms. The molecule has 0 saturated heterocycles. The first-order chi connectivity index (χ1) is 10.3. The van der Waals surface area contributed by atoms with Crippen LogP contribution in [0.25, 0.3) is 10.6 Å². The number of benzene rings is 1. The predicted molar refractivity (Wildman–Crippen MR) is 73.6 cm³/mol. The molecule has 0 aliphatic rings. The van der Waals surface area contributed by atoms with Gasteiger partial charge in [0.25, 0.3) is 0 Å². The lowest BCUT2D eigenvalue weighted by Crippen LogP contribution is -2.29. The Morgan fingerprint density at radius 3 is 2.41 bits per heavy atom. The zero-order chi connectivity index (χ0) is 16.3. The van der Waals surface area contributed by atoms with Gasteiger partial charge in [-0.05, 0) is 24.3 Å². The Hall–Kier alpha value is -2.42. The first-order valence-corrected chi connectivity index (χ1v) is 6.78. The van der Waals surface area contributed by atoms with Crippen LogP contribution in [0.2, 0.25) is 0 Å². The highest BCUT2D eigenvalue weighted by atomic mass is 32.1. The number of carbonyl (C=O) groups excluding carboxylic acids is 1. The number of aromatic nitrogens is 1. The molecule has 0 aliphatic carbocycles. The number of amides is 1. The Kier molecular flexibility index (Phi) is 4.45. The fourth-order valence-corrected chi connectivity index (χ4v) is 2.40. The molecule has 5 nitrogen and oxygen atoms in total. The molecule has 1 aromatic heterocycles. The molecule has 116 valence electrons. The van der Waals surface area contributed by atoms with Gasteiger partial charge in [-0.1, -0.05) is 0 Å². The number of rotatable bonds is 4. The summed E-state index contributed by atoms with van der Waals surface area (Å²) in [5, 5.41) is 12.5. The van der Waals surface area contributed by atoms with Gasteiger partial charge in [-0.3, -0.25) is 9.59 Å². The molecule has 0 radical (unpaired) electrons. The van der Waals surface area contributed by atoms with Gasteiger partial charge >= 0.3 is 18.1 Å². The van der Waals surface area contributed by atoms with E-state index in [9.17, 15) is 22.8 Å². The van der Waals surface area contributed by atoms with Crippen LogP contribution in [0, 0.1) is 0 Å². The average Bonchev–Trinajstić information content (AvgIpc) is 2.86. The first-order valence-electron chi connectivity index (χ1n) is 5.90. The summed E-state index contributed by atoms with van der Waals surface area (Å²) in [4.78, 5) is 25.5. The van der Waals surface area contributed by atoms with E-state index in [1.54, 1.807) is 10.7 Å². The molecule has 0 fully saturated rings. The first kappa shape index (κ1) is 16.0. The normalized spacial score (nSPS) is 11.2. The van der Waals surface area contributed by atoms with Crippen LogP contribution >= 0.6 is 11.3 Å². The van der Waals surface area contributed by atoms with Gasteiger partial charge in [0.05, 0.1) is 12.1 Å². The summed E-state index contributed by atoms with van der Waals surface area (Å²) in [7, 11) is 0. The number of halogens is 3. The topological polar surface area (TPSA) is 79.3 Å². The van der Waals surface area contributed by atoms with E-state index in [1.807, 2.05) is 0 Å². The molecule has 0 saturated carbocycles. The number of aliphatic carboxylic acids is 1. The van der Waals surface area contributed by atoms with Gasteiger partial charge in [-0.2, -0.15) is 13.2 Å². The molecule has 0 bridgehead atoms. The van der Waals surface area contributed by atoms with Crippen LogP contribution in [0.4, 0.5) is 18.9 Å². The summed E-state index contributed by atoms with van der Waals surface area (Å²) in [6.45, 7) is 0. The molecule has 1 amide bonds. The van der Waals surface area contributed by atoms with Crippen molar-refractivity contribution < 1.29 is 27.9 Å². The Morgan fingerprint density at radius 1 is 1.23 bits per heavy atom. The van der Waals surface area contributed by atoms with E-state index < -0.39 is 18.1 Å². The minimum atomic E-state index is -4.94. The highest BCUT2D eigenvalue weighted by Crippen LogP contribution is 2.26. The van der Waals surface area contributed by atoms with Crippen molar-refractivity contribution in [1.29, 1.82) is 0 Å². The molecule has 0 spiro atoms. The van der Waals surface area contributed by atoms with Crippen molar-refractivity contribution >= 4 is 28.9 Å². The molecule has 1 aromatic carbocycles. The monoisotopic (exact) mass is 330 g/mol. The standard InChI is InChI=1S/C13H9F3N2O3S/c14-13(15,16)12(21)18-8-3-1-7(2-4-8)11-17-9(6-22-11)5-10(19)20/h1-4,6H,5H2,(H,18,21)(H,19,20). The minimum Gasteiger partial charge on any atom is -0.481 e. The zero-order valence-corrected chi connectivity index (χ0v) is 11.7. The smallest absolute Gasteiger partial charge is 0.471 e. The lowest BCUT2D eigenvalue weighted by molar-refractivity contribution is -0.167. The van der Waals surface area contributed by atoms with E-state index in [2.05, 4.69) is 4.98 Å². The lowest BCUT2D eigenvalue weighted by Gasteiger charge is -2.08. The van der Waals surface area contributed by atoms with Gasteiger partial charge in [0.2, 0.25) is 0 Å². The van der Waals surface area contributed by atoms with Gasteiger partial charge < -0.3 is 10.4 Å². The Balaban J connectivity index is 2.10. The Morgan fingerprint density at radius 2 is 1.86 bits per heavy atom. The number of hydrogen-bond donors (Lipinski definition) is 2. The Labute approximate surface area is 126 Å². The van der Waals surface area contributed by atoms with Gasteiger partial charge in [-0.15, -0.1) is 11.3 Å². The van der Waals surface area contributed by atoms with Crippen molar-refractivity contribution in [3.63, 3.8) is 0 Å². The van der Waals surface area contributed by atoms with Gasteiger partial charge in [0.1, 0.15) is 5.01 Å². The van der Waals surface area contributed by atoms with Crippen LogP contribution in [-0.2, 0) is 16.0 Å². The van der Waals surface area contributed by atoms with Crippen molar-refractivity contribution in [2.75, 3.05) is 5.32 Å². The van der Waals surface area contributed by atoms with E-state index in [1.165, 1.54) is 35.6 Å². The zero-order valence-electron chi connectivity index (χ0n) is 10.8. The van der Waals surface area contributed by atoms with E-state index in [-0.39, 0.29) is 12.1 Å². The second kappa shape index (κ2) is 6.14. The maximum Gasteiger partial charge on any atom is 0.471 e. The van der Waals surface area contributed by atoms with Crippen molar-refractivity contribution in [1.82, 2.24) is 4.98 Å². The quantitative estimate of drug-likeness (QED) is 0.903. The minimum absolute atomic E-state index is 0.00777. The third-order valence-corrected chi connectivity index (χ3v) is 3.47. The van der Waals surface area contributed by atoms with Crippen molar-refractivity contribution in [2.45, 2.75) is 12.6 Å². The molecule has 0 aliphatic heterocycles. The Bertz CT molecular complexity index is 695. The molecular weight excluding hydrogens is 321 g/mol. The summed E-state index contributed by atoms with van der Waals surface area (Å²) in [5.74, 6) is -3.04. The third-order valence-electron chi connectivity index (χ3n) is 2.53. The van der Waals surface area contributed by atoms with Crippen LogP contribution in [-0.4, -0.2) is 28.1 Å². The molecular formula is C13H9F3N2O3S. The van der Waals surface area contributed by atoms with E-state index in [0.29, 0.717) is 16.3 Å². The van der Waals surface area contributed by atoms with Crippen LogP contribution < -0.4 is 5.32 Å². The highest BCUT2D eigenvalue weighted by Gasteiger charge is 2.38. The number of hydrogen-bond acceptors (Lipinski definition) is 4. The van der Waals surface area contributed by atoms with Crippen LogP contribution in [0.15, 0.2) is 29.6 Å². The number of alkyl halides is 3. The van der Waals surface area contributed by atoms with Crippen LogP contribution in [0.3, 0.4) is 0 Å². The molecule has 0 unspecified atom stereocenters. The van der Waals surface area contributed by atoms with Gasteiger partial charge in [0, 0.05) is 16.6 Å². The number of carbonyl (C=O) groups is 2. The fourth-order valence-electron chi connectivity index (χ4n) is 1.57. The second-order valence-electron chi connectivity index (χ2n) is 4.24. The summed E-state index contributed by atoms with van der Waals surface area (Å²) in [6.07, 6.45) is -5.14. The number of carboxylic acids is 1. The largest absolute Gasteiger partial charge is 0.481 e. The molecule has 2 rings (SSSR count). The maximum atomic E-state index is 12.1. The summed E-state index contributed by atoms with van der Waals surface area (Å²) in [5.41, 5.74) is 1.03. The maximum absolute atomic E-state index is 12.1. The number of anilines is 1. The average molecular weight is 330 g/mol. The number of nitrogens with one attached hydrogen (secondary N) is 1. The van der Waals surface area contributed by atoms with Crippen LogP contribution in [0.5, 0.6) is 0 Å². The second-order valence-corrected chi connectivity index (χ2v) is 5.10. The summed E-state index contributed by atoms with van der Waals surface area (Å²) in [6, 6.07) is 5.62. The van der Waals surface area contributed by atoms with Crippen molar-refractivity contribution in [3.05, 3.63) is 35.3 Å². The summed E-state index contributed by atoms with van der Waals surface area (Å²) >= 11 is 1.23. The third kappa shape index (κ3) is 4.04.